The van der Waals surface area contributed by atoms with Crippen LogP contribution < -0.4 is 0 Å². The van der Waals surface area contributed by atoms with E-state index in [4.69, 9.17) is 11.3 Å². The van der Waals surface area contributed by atoms with E-state index in [-0.39, 0.29) is 6.04 Å². The zero-order valence-electron chi connectivity index (χ0n) is 13.9. The molecule has 0 spiro atoms. The summed E-state index contributed by atoms with van der Waals surface area (Å²) in [7, 11) is 0. The summed E-state index contributed by atoms with van der Waals surface area (Å²) in [6.45, 7) is 13.6. The van der Waals surface area contributed by atoms with Crippen LogP contribution in [0.15, 0.2) is 36.8 Å². The van der Waals surface area contributed by atoms with E-state index in [1.165, 1.54) is 6.20 Å². The van der Waals surface area contributed by atoms with Crippen molar-refractivity contribution in [1.29, 1.82) is 0 Å². The Hall–Kier alpha value is -3.07. The summed E-state index contributed by atoms with van der Waals surface area (Å²) in [5.41, 5.74) is 2.82. The van der Waals surface area contributed by atoms with Gasteiger partial charge in [0.25, 0.3) is 0 Å². The van der Waals surface area contributed by atoms with Gasteiger partial charge in [0.05, 0.1) is 30.6 Å². The van der Waals surface area contributed by atoms with E-state index in [0.717, 1.165) is 16.6 Å². The highest BCUT2D eigenvalue weighted by atomic mass is 16.5. The second-order valence-corrected chi connectivity index (χ2v) is 5.72. The van der Waals surface area contributed by atoms with Crippen LogP contribution in [0.2, 0.25) is 0 Å². The maximum atomic E-state index is 11.8. The zero-order chi connectivity index (χ0) is 17.3. The van der Waals surface area contributed by atoms with E-state index in [1.807, 2.05) is 24.4 Å². The van der Waals surface area contributed by atoms with Crippen molar-refractivity contribution in [2.24, 2.45) is 0 Å². The molecule has 0 amide bonds. The Morgan fingerprint density at radius 1 is 1.38 bits per heavy atom. The zero-order valence-corrected chi connectivity index (χ0v) is 13.9. The molecule has 6 heteroatoms. The van der Waals surface area contributed by atoms with E-state index < -0.39 is 5.97 Å². The maximum Gasteiger partial charge on any atom is 0.341 e. The predicted octanol–water partition coefficient (Wildman–Crippen LogP) is 4.14. The van der Waals surface area contributed by atoms with Gasteiger partial charge >= 0.3 is 5.97 Å². The molecule has 6 nitrogen and oxygen atoms in total. The van der Waals surface area contributed by atoms with E-state index in [2.05, 4.69) is 28.4 Å². The first-order chi connectivity index (χ1) is 11.5. The van der Waals surface area contributed by atoms with E-state index >= 15 is 0 Å². The highest BCUT2D eigenvalue weighted by molar-refractivity contribution is 5.95. The Balaban J connectivity index is 2.06. The summed E-state index contributed by atoms with van der Waals surface area (Å²) >= 11 is 0. The molecule has 0 fully saturated rings. The molecule has 122 valence electrons. The normalized spacial score (nSPS) is 11.0. The third-order valence-electron chi connectivity index (χ3n) is 3.83. The largest absolute Gasteiger partial charge is 0.462 e. The number of ether oxygens (including phenoxy) is 1. The second-order valence-electron chi connectivity index (χ2n) is 5.72. The molecule has 24 heavy (non-hydrogen) atoms. The Kier molecular flexibility index (Phi) is 4.09. The summed E-state index contributed by atoms with van der Waals surface area (Å²) in [5, 5.41) is 5.10. The Bertz CT molecular complexity index is 944. The Morgan fingerprint density at radius 3 is 2.83 bits per heavy atom. The van der Waals surface area contributed by atoms with Gasteiger partial charge in [-0.3, -0.25) is 0 Å². The van der Waals surface area contributed by atoms with Gasteiger partial charge in [-0.1, -0.05) is 0 Å². The molecule has 0 saturated heterocycles. The first-order valence-corrected chi connectivity index (χ1v) is 7.79. The molecule has 2 aromatic heterocycles. The summed E-state index contributed by atoms with van der Waals surface area (Å²) < 4.78 is 8.68. The number of benzene rings is 1. The first-order valence-electron chi connectivity index (χ1n) is 7.79. The second kappa shape index (κ2) is 6.20. The quantitative estimate of drug-likeness (QED) is 0.536. The van der Waals surface area contributed by atoms with Crippen molar-refractivity contribution in [3.05, 3.63) is 53.8 Å². The van der Waals surface area contributed by atoms with Gasteiger partial charge in [-0.15, -0.1) is 0 Å². The molecular formula is C18H18N4O2. The molecule has 1 aromatic carbocycles. The molecule has 3 rings (SSSR count). The minimum atomic E-state index is -0.391. The Labute approximate surface area is 140 Å². The highest BCUT2D eigenvalue weighted by Crippen LogP contribution is 2.32. The van der Waals surface area contributed by atoms with Crippen LogP contribution in [0.1, 0.15) is 37.2 Å². The molecule has 0 atom stereocenters. The van der Waals surface area contributed by atoms with Crippen LogP contribution in [-0.4, -0.2) is 26.9 Å². The van der Waals surface area contributed by atoms with Crippen molar-refractivity contribution >= 4 is 22.6 Å². The van der Waals surface area contributed by atoms with Gasteiger partial charge in [0.1, 0.15) is 0 Å². The molecule has 0 aliphatic rings. The van der Waals surface area contributed by atoms with E-state index in [1.54, 1.807) is 17.8 Å². The fraction of sp³-hybridized carbons (Fsp3) is 0.278. The summed E-state index contributed by atoms with van der Waals surface area (Å²) in [6, 6.07) is 6.10. The van der Waals surface area contributed by atoms with E-state index in [9.17, 15) is 4.79 Å². The van der Waals surface area contributed by atoms with Gasteiger partial charge in [-0.05, 0) is 39.0 Å². The van der Waals surface area contributed by atoms with Crippen molar-refractivity contribution in [1.82, 2.24) is 14.3 Å². The lowest BCUT2D eigenvalue weighted by molar-refractivity contribution is 0.0526. The number of nitrogens with zero attached hydrogens (tertiary/aromatic N) is 4. The van der Waals surface area contributed by atoms with Gasteiger partial charge in [-0.25, -0.2) is 14.3 Å². The lowest BCUT2D eigenvalue weighted by Crippen LogP contribution is -2.03. The van der Waals surface area contributed by atoms with Crippen molar-refractivity contribution in [2.75, 3.05) is 6.61 Å². The number of hydrogen-bond acceptors (Lipinski definition) is 3. The predicted molar refractivity (Wildman–Crippen MR) is 91.7 cm³/mol. The van der Waals surface area contributed by atoms with Crippen LogP contribution in [0.3, 0.4) is 0 Å². The monoisotopic (exact) mass is 322 g/mol. The number of carbonyl (C=O) groups is 1. The van der Waals surface area contributed by atoms with E-state index in [0.29, 0.717) is 17.9 Å². The number of aromatic nitrogens is 3. The molecule has 2 heterocycles. The average Bonchev–Trinajstić information content (AvgIpc) is 3.19. The minimum Gasteiger partial charge on any atom is -0.462 e. The van der Waals surface area contributed by atoms with Crippen molar-refractivity contribution in [3.8, 4) is 5.69 Å². The molecule has 3 aromatic rings. The summed E-state index contributed by atoms with van der Waals surface area (Å²) in [6.07, 6.45) is 4.99. The Morgan fingerprint density at radius 2 is 2.17 bits per heavy atom. The molecular weight excluding hydrogens is 304 g/mol. The fourth-order valence-electron chi connectivity index (χ4n) is 2.67. The number of rotatable bonds is 4. The van der Waals surface area contributed by atoms with Crippen LogP contribution in [-0.2, 0) is 4.74 Å². The van der Waals surface area contributed by atoms with Crippen LogP contribution in [0.25, 0.3) is 21.4 Å². The average molecular weight is 322 g/mol. The molecule has 0 aliphatic heterocycles. The number of hydrogen-bond donors (Lipinski definition) is 0. The lowest BCUT2D eigenvalue weighted by atomic mass is 10.2. The standard InChI is InChI=1S/C18H18N4O2/c1-5-24-18(23)13-9-20-22(10-13)14-6-7-17-15(8-14)16(19-4)11-21(17)12(2)3/h6-12H,5H2,1-3H3. The number of fused-ring (bicyclic) bond motifs is 1. The van der Waals surface area contributed by atoms with Crippen LogP contribution in [0.4, 0.5) is 5.69 Å². The van der Waals surface area contributed by atoms with Gasteiger partial charge in [0.2, 0.25) is 5.69 Å². The maximum absolute atomic E-state index is 11.8. The third kappa shape index (κ3) is 2.65. The van der Waals surface area contributed by atoms with Crippen molar-refractivity contribution in [3.63, 3.8) is 0 Å². The molecule has 0 N–H and O–H groups in total. The molecule has 0 bridgehead atoms. The molecule has 0 unspecified atom stereocenters. The molecule has 0 aliphatic carbocycles. The van der Waals surface area contributed by atoms with Crippen LogP contribution in [0.5, 0.6) is 0 Å². The number of carbonyl (C=O) groups excluding carboxylic acids is 1. The lowest BCUT2D eigenvalue weighted by Gasteiger charge is -2.10. The first kappa shape index (κ1) is 15.8. The molecule has 0 saturated carbocycles. The van der Waals surface area contributed by atoms with Gasteiger partial charge in [0, 0.05) is 29.3 Å². The third-order valence-corrected chi connectivity index (χ3v) is 3.83. The van der Waals surface area contributed by atoms with Gasteiger partial charge in [0.15, 0.2) is 0 Å². The van der Waals surface area contributed by atoms with Crippen LogP contribution in [0, 0.1) is 6.57 Å². The van der Waals surface area contributed by atoms with Gasteiger partial charge in [-0.2, -0.15) is 5.10 Å². The summed E-state index contributed by atoms with van der Waals surface area (Å²) in [5.74, 6) is -0.391. The highest BCUT2D eigenvalue weighted by Gasteiger charge is 2.14. The topological polar surface area (TPSA) is 53.4 Å². The van der Waals surface area contributed by atoms with Gasteiger partial charge < -0.3 is 9.30 Å². The number of esters is 1. The fourth-order valence-corrected chi connectivity index (χ4v) is 2.67. The minimum absolute atomic E-state index is 0.272. The molecule has 0 radical (unpaired) electrons. The smallest absolute Gasteiger partial charge is 0.341 e. The van der Waals surface area contributed by atoms with Crippen molar-refractivity contribution in [2.45, 2.75) is 26.8 Å². The van der Waals surface area contributed by atoms with Crippen LogP contribution >= 0.6 is 0 Å². The summed E-state index contributed by atoms with van der Waals surface area (Å²) in [4.78, 5) is 15.4. The van der Waals surface area contributed by atoms with Crippen molar-refractivity contribution < 1.29 is 9.53 Å². The SMILES string of the molecule is [C-]#[N+]c1cn(C(C)C)c2ccc(-n3cc(C(=O)OCC)cn3)cc12.